The second-order valence-corrected chi connectivity index (χ2v) is 21.2. The molecule has 0 N–H and O–H groups in total. The van der Waals surface area contributed by atoms with Crippen molar-refractivity contribution in [1.82, 2.24) is 0 Å². The first-order valence-corrected chi connectivity index (χ1v) is 30.1. The minimum absolute atomic E-state index is 0. The van der Waals surface area contributed by atoms with E-state index >= 15 is 0 Å². The second kappa shape index (κ2) is 57.6. The smallest absolute Gasteiger partial charge is 0.0786 e. The minimum Gasteiger partial charge on any atom is -1.00 e. The number of hydrogen-bond donors (Lipinski definition) is 0. The Morgan fingerprint density at radius 3 is 0.355 bits per heavy atom. The van der Waals surface area contributed by atoms with Gasteiger partial charge in [0.15, 0.2) is 0 Å². The Labute approximate surface area is 407 Å². The molecule has 0 atom stereocenters. The Balaban J connectivity index is 0. The predicted octanol–water partition coefficient (Wildman–Crippen LogP) is 19.2. The molecule has 0 aliphatic carbocycles. The largest absolute Gasteiger partial charge is 1.00 e. The van der Waals surface area contributed by atoms with E-state index in [4.69, 9.17) is 0 Å². The van der Waals surface area contributed by atoms with Crippen molar-refractivity contribution in [1.29, 1.82) is 0 Å². The van der Waals surface area contributed by atoms with E-state index in [1.807, 2.05) is 0 Å². The highest BCUT2D eigenvalue weighted by atomic mass is 79.9. The normalized spacial score (nSPS) is 11.8. The Bertz CT molecular complexity index is 626. The van der Waals surface area contributed by atoms with Crippen molar-refractivity contribution in [2.75, 3.05) is 26.2 Å². The fraction of sp³-hybridized carbons (Fsp3) is 1.00. The molecule has 0 bridgehead atoms. The average Bonchev–Trinajstić information content (AvgIpc) is 3.27. The van der Waals surface area contributed by atoms with Gasteiger partial charge in [0.1, 0.15) is 0 Å². The first kappa shape index (κ1) is 64.5. The quantitative estimate of drug-likeness (QED) is 0.0421. The van der Waals surface area contributed by atoms with Gasteiger partial charge in [-0.25, -0.2) is 0 Å². The monoisotopic (exact) mass is 938 g/mol. The van der Waals surface area contributed by atoms with Gasteiger partial charge in [-0.15, -0.1) is 0 Å². The summed E-state index contributed by atoms with van der Waals surface area (Å²) < 4.78 is 1.49. The zero-order chi connectivity index (χ0) is 44.1. The number of unbranched alkanes of at least 4 members (excludes halogenated alkanes) is 48. The molecular weight excluding hydrogens is 815 g/mol. The molecule has 0 aromatic carbocycles. The molecule has 0 aliphatic rings. The number of quaternary nitrogens is 1. The van der Waals surface area contributed by atoms with E-state index in [-0.39, 0.29) is 17.0 Å². The summed E-state index contributed by atoms with van der Waals surface area (Å²) >= 11 is 0. The van der Waals surface area contributed by atoms with Gasteiger partial charge in [-0.2, -0.15) is 0 Å². The highest BCUT2D eigenvalue weighted by Gasteiger charge is 2.25. The molecule has 0 fully saturated rings. The summed E-state index contributed by atoms with van der Waals surface area (Å²) in [6.45, 7) is 15.3. The van der Waals surface area contributed by atoms with Crippen LogP contribution in [0.5, 0.6) is 0 Å². The van der Waals surface area contributed by atoms with E-state index < -0.39 is 0 Å². The average molecular weight is 940 g/mol. The maximum absolute atomic E-state index is 2.33. The van der Waals surface area contributed by atoms with Crippen LogP contribution >= 0.6 is 0 Å². The molecular formula is C60H124BrN. The third-order valence-electron chi connectivity index (χ3n) is 14.9. The molecule has 1 nitrogen and oxygen atoms in total. The third kappa shape index (κ3) is 51.4. The van der Waals surface area contributed by atoms with Crippen molar-refractivity contribution in [3.8, 4) is 0 Å². The van der Waals surface area contributed by atoms with Crippen LogP contribution in [0.25, 0.3) is 0 Å². The molecule has 376 valence electrons. The van der Waals surface area contributed by atoms with E-state index in [0.29, 0.717) is 0 Å². The van der Waals surface area contributed by atoms with Gasteiger partial charge in [-0.05, 0) is 51.4 Å². The van der Waals surface area contributed by atoms with E-state index in [9.17, 15) is 0 Å². The summed E-state index contributed by atoms with van der Waals surface area (Å²) in [5.74, 6) is 0. The van der Waals surface area contributed by atoms with Gasteiger partial charge >= 0.3 is 0 Å². The first-order valence-electron chi connectivity index (χ1n) is 30.1. The fourth-order valence-electron chi connectivity index (χ4n) is 10.5. The van der Waals surface area contributed by atoms with Crippen LogP contribution in [-0.2, 0) is 0 Å². The number of halogens is 1. The molecule has 0 aromatic heterocycles. The molecule has 0 rings (SSSR count). The number of hydrogen-bond acceptors (Lipinski definition) is 0. The maximum Gasteiger partial charge on any atom is 0.0786 e. The van der Waals surface area contributed by atoms with Crippen LogP contribution in [0, 0.1) is 0 Å². The molecule has 0 saturated heterocycles. The second-order valence-electron chi connectivity index (χ2n) is 21.2. The van der Waals surface area contributed by atoms with Gasteiger partial charge in [0.2, 0.25) is 0 Å². The topological polar surface area (TPSA) is 0 Å². The molecule has 0 unspecified atom stereocenters. The van der Waals surface area contributed by atoms with Crippen LogP contribution in [0.15, 0.2) is 0 Å². The lowest BCUT2D eigenvalue weighted by molar-refractivity contribution is -0.929. The molecule has 62 heavy (non-hydrogen) atoms. The summed E-state index contributed by atoms with van der Waals surface area (Å²) in [5.41, 5.74) is 0. The van der Waals surface area contributed by atoms with E-state index in [2.05, 4.69) is 27.7 Å². The van der Waals surface area contributed by atoms with Crippen molar-refractivity contribution < 1.29 is 21.5 Å². The molecule has 0 aromatic rings. The van der Waals surface area contributed by atoms with Gasteiger partial charge in [0.05, 0.1) is 26.2 Å². The molecule has 2 heteroatoms. The van der Waals surface area contributed by atoms with E-state index in [1.165, 1.54) is 365 Å². The standard InChI is InChI=1S/C60H124N.BrH/c1-5-9-13-17-21-25-29-33-37-41-45-49-53-57-61(58-54-50-46-42-38-34-30-26-22-18-14-10-6-2,59-55-51-47-43-39-35-31-27-23-19-15-11-7-3)60-56-52-48-44-40-36-32-28-24-20-16-12-8-4;/h5-60H2,1-4H3;1H/q+1;/p-1. The van der Waals surface area contributed by atoms with E-state index in [1.54, 1.807) is 0 Å². The SMILES string of the molecule is CCCCCCCCCCCCCCC[N+](CCCCCCCCCCCCCCC)(CCCCCCCCCCCCCCC)CCCCCCCCCCCCCCC.[Br-]. The van der Waals surface area contributed by atoms with Crippen molar-refractivity contribution in [3.05, 3.63) is 0 Å². The molecule has 0 saturated carbocycles. The molecule has 0 aliphatic heterocycles. The predicted molar refractivity (Wildman–Crippen MR) is 283 cm³/mol. The lowest BCUT2D eigenvalue weighted by atomic mass is 10.0. The van der Waals surface area contributed by atoms with Crippen molar-refractivity contribution in [2.45, 2.75) is 362 Å². The highest BCUT2D eigenvalue weighted by Crippen LogP contribution is 2.22. The number of nitrogens with zero attached hydrogens (tertiary/aromatic N) is 1. The first-order chi connectivity index (χ1) is 30.2. The Hall–Kier alpha value is 0.440. The van der Waals surface area contributed by atoms with Crippen molar-refractivity contribution in [2.24, 2.45) is 0 Å². The van der Waals surface area contributed by atoms with E-state index in [0.717, 1.165) is 0 Å². The highest BCUT2D eigenvalue weighted by molar-refractivity contribution is 4.57. The van der Waals surface area contributed by atoms with Crippen LogP contribution in [0.4, 0.5) is 0 Å². The van der Waals surface area contributed by atoms with Crippen LogP contribution < -0.4 is 17.0 Å². The zero-order valence-electron chi connectivity index (χ0n) is 44.4. The molecule has 0 amide bonds. The fourth-order valence-corrected chi connectivity index (χ4v) is 10.5. The van der Waals surface area contributed by atoms with Gasteiger partial charge in [0, 0.05) is 0 Å². The van der Waals surface area contributed by atoms with Gasteiger partial charge < -0.3 is 21.5 Å². The molecule has 0 heterocycles. The minimum atomic E-state index is 0. The lowest BCUT2D eigenvalue weighted by Gasteiger charge is -2.40. The third-order valence-corrected chi connectivity index (χ3v) is 14.9. The summed E-state index contributed by atoms with van der Waals surface area (Å²) in [5, 5.41) is 0. The summed E-state index contributed by atoms with van der Waals surface area (Å²) in [4.78, 5) is 0. The molecule has 0 radical (unpaired) electrons. The number of rotatable bonds is 56. The van der Waals surface area contributed by atoms with Gasteiger partial charge in [-0.1, -0.05) is 310 Å². The van der Waals surface area contributed by atoms with Crippen LogP contribution in [-0.4, -0.2) is 30.7 Å². The van der Waals surface area contributed by atoms with Crippen LogP contribution in [0.1, 0.15) is 362 Å². The lowest BCUT2D eigenvalue weighted by Crippen LogP contribution is -3.00. The Morgan fingerprint density at radius 2 is 0.242 bits per heavy atom. The van der Waals surface area contributed by atoms with Crippen molar-refractivity contribution >= 4 is 0 Å². The maximum atomic E-state index is 2.33. The summed E-state index contributed by atoms with van der Waals surface area (Å²) in [6, 6.07) is 0. The van der Waals surface area contributed by atoms with Gasteiger partial charge in [0.25, 0.3) is 0 Å². The Morgan fingerprint density at radius 1 is 0.145 bits per heavy atom. The van der Waals surface area contributed by atoms with Crippen LogP contribution in [0.3, 0.4) is 0 Å². The van der Waals surface area contributed by atoms with Crippen LogP contribution in [0.2, 0.25) is 0 Å². The summed E-state index contributed by atoms with van der Waals surface area (Å²) in [6.07, 6.45) is 76.7. The van der Waals surface area contributed by atoms with Crippen molar-refractivity contribution in [3.63, 3.8) is 0 Å². The van der Waals surface area contributed by atoms with Gasteiger partial charge in [-0.3, -0.25) is 0 Å². The summed E-state index contributed by atoms with van der Waals surface area (Å²) in [7, 11) is 0. The zero-order valence-corrected chi connectivity index (χ0v) is 46.0. The molecule has 0 spiro atoms. The Kier molecular flexibility index (Phi) is 59.9.